The summed E-state index contributed by atoms with van der Waals surface area (Å²) in [6, 6.07) is 2.80. The molecule has 1 atom stereocenters. The van der Waals surface area contributed by atoms with Crippen molar-refractivity contribution in [3.05, 3.63) is 46.2 Å². The summed E-state index contributed by atoms with van der Waals surface area (Å²) < 4.78 is 0. The molecule has 1 nitrogen and oxygen atoms in total. The molecule has 1 aliphatic rings. The van der Waals surface area contributed by atoms with Gasteiger partial charge in [0.2, 0.25) is 0 Å². The van der Waals surface area contributed by atoms with Crippen LogP contribution in [0.2, 0.25) is 0 Å². The topological polar surface area (TPSA) is 3.24 Å². The molecule has 0 aromatic carbocycles. The van der Waals surface area contributed by atoms with Crippen LogP contribution in [0.3, 0.4) is 0 Å². The first-order valence-electron chi connectivity index (χ1n) is 5.27. The van der Waals surface area contributed by atoms with Crippen molar-refractivity contribution >= 4 is 11.3 Å². The van der Waals surface area contributed by atoms with E-state index in [2.05, 4.69) is 43.0 Å². The molecule has 0 amide bonds. The molecule has 0 N–H and O–H groups in total. The van der Waals surface area contributed by atoms with E-state index in [4.69, 9.17) is 0 Å². The summed E-state index contributed by atoms with van der Waals surface area (Å²) in [5.41, 5.74) is 2.91. The van der Waals surface area contributed by atoms with Crippen LogP contribution in [-0.2, 0) is 13.0 Å². The first-order valence-corrected chi connectivity index (χ1v) is 6.15. The molecule has 2 heteroatoms. The minimum Gasteiger partial charge on any atom is -0.295 e. The Labute approximate surface area is 95.7 Å². The number of thiophene rings is 1. The lowest BCUT2D eigenvalue weighted by Gasteiger charge is -2.33. The van der Waals surface area contributed by atoms with Gasteiger partial charge >= 0.3 is 0 Å². The highest BCUT2D eigenvalue weighted by atomic mass is 32.1. The molecule has 1 aromatic rings. The van der Waals surface area contributed by atoms with Crippen molar-refractivity contribution in [1.82, 2.24) is 4.90 Å². The van der Waals surface area contributed by atoms with Crippen LogP contribution in [0.15, 0.2) is 35.8 Å². The third-order valence-corrected chi connectivity index (χ3v) is 4.06. The Balaban J connectivity index is 2.24. The maximum absolute atomic E-state index is 3.76. The molecule has 0 aliphatic carbocycles. The molecule has 2 heterocycles. The summed E-state index contributed by atoms with van der Waals surface area (Å²) in [5.74, 6) is 0. The molecule has 0 fully saturated rings. The van der Waals surface area contributed by atoms with E-state index in [1.54, 1.807) is 4.88 Å². The summed E-state index contributed by atoms with van der Waals surface area (Å²) in [6.07, 6.45) is 5.16. The molecule has 2 rings (SSSR count). The lowest BCUT2D eigenvalue weighted by atomic mass is 9.96. The predicted molar refractivity (Wildman–Crippen MR) is 67.2 cm³/mol. The second-order valence-corrected chi connectivity index (χ2v) is 5.15. The van der Waals surface area contributed by atoms with Crippen LogP contribution < -0.4 is 0 Å². The van der Waals surface area contributed by atoms with Gasteiger partial charge in [0.15, 0.2) is 0 Å². The van der Waals surface area contributed by atoms with E-state index >= 15 is 0 Å². The van der Waals surface area contributed by atoms with Gasteiger partial charge in [0.25, 0.3) is 0 Å². The van der Waals surface area contributed by atoms with Crippen LogP contribution in [-0.4, -0.2) is 18.0 Å². The Hall–Kier alpha value is -0.860. The highest BCUT2D eigenvalue weighted by Crippen LogP contribution is 2.29. The van der Waals surface area contributed by atoms with Gasteiger partial charge in [-0.05, 0) is 31.0 Å². The molecule has 15 heavy (non-hydrogen) atoms. The van der Waals surface area contributed by atoms with Gasteiger partial charge in [0, 0.05) is 23.9 Å². The fourth-order valence-corrected chi connectivity index (χ4v) is 3.14. The molecule has 0 bridgehead atoms. The van der Waals surface area contributed by atoms with Crippen molar-refractivity contribution in [3.8, 4) is 0 Å². The molecular formula is C13H17NS. The van der Waals surface area contributed by atoms with Crippen molar-refractivity contribution in [2.45, 2.75) is 25.9 Å². The summed E-state index contributed by atoms with van der Waals surface area (Å²) in [7, 11) is 2.20. The molecule has 1 aromatic heterocycles. The number of nitrogens with zero attached hydrogens (tertiary/aromatic N) is 1. The zero-order valence-electron chi connectivity index (χ0n) is 9.36. The van der Waals surface area contributed by atoms with E-state index in [0.717, 1.165) is 13.0 Å². The van der Waals surface area contributed by atoms with Gasteiger partial charge in [0.1, 0.15) is 0 Å². The van der Waals surface area contributed by atoms with Gasteiger partial charge in [-0.15, -0.1) is 11.3 Å². The van der Waals surface area contributed by atoms with Gasteiger partial charge in [-0.3, -0.25) is 4.90 Å². The van der Waals surface area contributed by atoms with Gasteiger partial charge in [-0.2, -0.15) is 0 Å². The minimum absolute atomic E-state index is 0.550. The molecule has 0 radical (unpaired) electrons. The predicted octanol–water partition coefficient (Wildman–Crippen LogP) is 3.24. The summed E-state index contributed by atoms with van der Waals surface area (Å²) in [5, 5.41) is 2.20. The molecule has 0 saturated heterocycles. The average molecular weight is 219 g/mol. The molecule has 0 spiro atoms. The molecular weight excluding hydrogens is 202 g/mol. The second kappa shape index (κ2) is 4.33. The minimum atomic E-state index is 0.550. The quantitative estimate of drug-likeness (QED) is 0.690. The van der Waals surface area contributed by atoms with Crippen LogP contribution >= 0.6 is 11.3 Å². The van der Waals surface area contributed by atoms with Gasteiger partial charge < -0.3 is 0 Å². The normalized spacial score (nSPS) is 22.5. The molecule has 80 valence electrons. The second-order valence-electron chi connectivity index (χ2n) is 4.15. The van der Waals surface area contributed by atoms with Gasteiger partial charge in [-0.25, -0.2) is 0 Å². The molecule has 1 aliphatic heterocycles. The Bertz CT molecular complexity index is 389. The van der Waals surface area contributed by atoms with E-state index in [9.17, 15) is 0 Å². The van der Waals surface area contributed by atoms with Crippen LogP contribution in [0.1, 0.15) is 17.4 Å². The van der Waals surface area contributed by atoms with Gasteiger partial charge in [0.05, 0.1) is 0 Å². The van der Waals surface area contributed by atoms with E-state index in [-0.39, 0.29) is 0 Å². The SMILES string of the molecule is C=C/C=C(\C)C1Cc2sccc2CN1C. The fraction of sp³-hybridized carbons (Fsp3) is 0.385. The van der Waals surface area contributed by atoms with Crippen LogP contribution in [0.5, 0.6) is 0 Å². The average Bonchev–Trinajstić information content (AvgIpc) is 2.63. The van der Waals surface area contributed by atoms with E-state index in [1.807, 2.05) is 17.4 Å². The van der Waals surface area contributed by atoms with Crippen LogP contribution in [0.25, 0.3) is 0 Å². The van der Waals surface area contributed by atoms with Crippen molar-refractivity contribution in [3.63, 3.8) is 0 Å². The van der Waals surface area contributed by atoms with E-state index in [0.29, 0.717) is 6.04 Å². The third kappa shape index (κ3) is 2.06. The van der Waals surface area contributed by atoms with Crippen molar-refractivity contribution in [1.29, 1.82) is 0 Å². The summed E-state index contributed by atoms with van der Waals surface area (Å²) in [6.45, 7) is 7.03. The van der Waals surface area contributed by atoms with E-state index < -0.39 is 0 Å². The first kappa shape index (κ1) is 10.7. The number of fused-ring (bicyclic) bond motifs is 1. The number of allylic oxidation sites excluding steroid dienone is 2. The zero-order chi connectivity index (χ0) is 10.8. The largest absolute Gasteiger partial charge is 0.295 e. The molecule has 1 unspecified atom stereocenters. The fourth-order valence-electron chi connectivity index (χ4n) is 2.20. The van der Waals surface area contributed by atoms with Gasteiger partial charge in [-0.1, -0.05) is 24.3 Å². The number of likely N-dealkylation sites (N-methyl/N-ethyl adjacent to an activating group) is 1. The highest BCUT2D eigenvalue weighted by Gasteiger charge is 2.24. The van der Waals surface area contributed by atoms with E-state index in [1.165, 1.54) is 11.1 Å². The first-order chi connectivity index (χ1) is 7.22. The Kier molecular flexibility index (Phi) is 3.08. The van der Waals surface area contributed by atoms with Crippen molar-refractivity contribution < 1.29 is 0 Å². The van der Waals surface area contributed by atoms with Crippen LogP contribution in [0.4, 0.5) is 0 Å². The van der Waals surface area contributed by atoms with Crippen molar-refractivity contribution in [2.75, 3.05) is 7.05 Å². The highest BCUT2D eigenvalue weighted by molar-refractivity contribution is 7.10. The zero-order valence-corrected chi connectivity index (χ0v) is 10.2. The van der Waals surface area contributed by atoms with Crippen LogP contribution in [0, 0.1) is 0 Å². The number of rotatable bonds is 2. The maximum Gasteiger partial charge on any atom is 0.0356 e. The number of hydrogen-bond donors (Lipinski definition) is 0. The third-order valence-electron chi connectivity index (χ3n) is 3.07. The summed E-state index contributed by atoms with van der Waals surface area (Å²) >= 11 is 1.89. The molecule has 0 saturated carbocycles. The monoisotopic (exact) mass is 219 g/mol. The lowest BCUT2D eigenvalue weighted by molar-refractivity contribution is 0.246. The number of hydrogen-bond acceptors (Lipinski definition) is 2. The Morgan fingerprint density at radius 2 is 2.47 bits per heavy atom. The standard InChI is InChI=1S/C13H17NS/c1-4-5-10(2)12-8-13-11(6-7-15-13)9-14(12)3/h4-7,12H,1,8-9H2,2-3H3/b10-5+. The lowest BCUT2D eigenvalue weighted by Crippen LogP contribution is -2.37. The maximum atomic E-state index is 3.76. The Morgan fingerprint density at radius 3 is 3.20 bits per heavy atom. The van der Waals surface area contributed by atoms with Crippen molar-refractivity contribution in [2.24, 2.45) is 0 Å². The Morgan fingerprint density at radius 1 is 1.67 bits per heavy atom. The summed E-state index contributed by atoms with van der Waals surface area (Å²) in [4.78, 5) is 3.97. The smallest absolute Gasteiger partial charge is 0.0356 e.